The molecule has 0 bridgehead atoms. The molecule has 1 aromatic carbocycles. The molecule has 7 nitrogen and oxygen atoms in total. The molecule has 35 heavy (non-hydrogen) atoms. The first-order valence-electron chi connectivity index (χ1n) is 11.3. The normalized spacial score (nSPS) is 17.7. The topological polar surface area (TPSA) is 79.8 Å². The highest BCUT2D eigenvalue weighted by molar-refractivity contribution is 6.68. The number of aromatic nitrogens is 1. The molecule has 1 atom stereocenters. The standard InChI is InChI=1S/C25H26Cl3N3O4/c1-13-19(22(28)32)20(16-8-7-14(26)10-17(16)27)21-18(29-13)12-30(23(21)33)11-15-6-5-9-31(15)24(34)35-25(2,3)4/h7-8,10,15H,5-6,9,11-12H2,1-4H3. The quantitative estimate of drug-likeness (QED) is 0.440. The van der Waals surface area contributed by atoms with Crippen molar-refractivity contribution >= 4 is 52.0 Å². The summed E-state index contributed by atoms with van der Waals surface area (Å²) in [6, 6.07) is 4.68. The number of nitrogens with zero attached hydrogens (tertiary/aromatic N) is 3. The predicted octanol–water partition coefficient (Wildman–Crippen LogP) is 6.10. The van der Waals surface area contributed by atoms with Crippen LogP contribution < -0.4 is 0 Å². The third-order valence-electron chi connectivity index (χ3n) is 6.13. The number of amides is 2. The molecule has 1 fully saturated rings. The van der Waals surface area contributed by atoms with Crippen LogP contribution in [0.15, 0.2) is 18.2 Å². The minimum atomic E-state index is -0.725. The fourth-order valence-electron chi connectivity index (χ4n) is 4.71. The van der Waals surface area contributed by atoms with Crippen molar-refractivity contribution in [2.75, 3.05) is 13.1 Å². The molecule has 0 saturated carbocycles. The van der Waals surface area contributed by atoms with Gasteiger partial charge in [0.15, 0.2) is 0 Å². The van der Waals surface area contributed by atoms with E-state index in [-0.39, 0.29) is 30.2 Å². The molecular weight excluding hydrogens is 513 g/mol. The molecule has 1 aromatic heterocycles. The summed E-state index contributed by atoms with van der Waals surface area (Å²) < 4.78 is 5.56. The van der Waals surface area contributed by atoms with Crippen molar-refractivity contribution in [2.24, 2.45) is 0 Å². The molecule has 0 radical (unpaired) electrons. The number of carbonyl (C=O) groups excluding carboxylic acids is 3. The first-order chi connectivity index (χ1) is 16.4. The van der Waals surface area contributed by atoms with Crippen molar-refractivity contribution in [1.82, 2.24) is 14.8 Å². The van der Waals surface area contributed by atoms with Gasteiger partial charge in [-0.3, -0.25) is 14.6 Å². The van der Waals surface area contributed by atoms with Crippen LogP contribution in [-0.4, -0.2) is 56.8 Å². The smallest absolute Gasteiger partial charge is 0.410 e. The van der Waals surface area contributed by atoms with Gasteiger partial charge in [0.2, 0.25) is 0 Å². The third-order valence-corrected chi connectivity index (χ3v) is 6.86. The van der Waals surface area contributed by atoms with Gasteiger partial charge in [0.05, 0.1) is 35.1 Å². The Balaban J connectivity index is 1.70. The van der Waals surface area contributed by atoms with Gasteiger partial charge in [-0.2, -0.15) is 0 Å². The highest BCUT2D eigenvalue weighted by Crippen LogP contribution is 2.41. The van der Waals surface area contributed by atoms with Crippen LogP contribution in [0, 0.1) is 6.92 Å². The van der Waals surface area contributed by atoms with Gasteiger partial charge in [-0.05, 0) is 64.3 Å². The van der Waals surface area contributed by atoms with Gasteiger partial charge in [0, 0.05) is 34.3 Å². The fourth-order valence-corrected chi connectivity index (χ4v) is 5.44. The monoisotopic (exact) mass is 537 g/mol. The molecule has 0 spiro atoms. The third kappa shape index (κ3) is 5.13. The Morgan fingerprint density at radius 3 is 2.54 bits per heavy atom. The molecule has 186 valence electrons. The van der Waals surface area contributed by atoms with Crippen molar-refractivity contribution in [2.45, 2.75) is 58.7 Å². The summed E-state index contributed by atoms with van der Waals surface area (Å²) in [6.07, 6.45) is 1.20. The second-order valence-electron chi connectivity index (χ2n) is 9.82. The molecule has 2 aromatic rings. The van der Waals surface area contributed by atoms with Crippen molar-refractivity contribution in [3.8, 4) is 11.1 Å². The van der Waals surface area contributed by atoms with E-state index in [1.807, 2.05) is 20.8 Å². The first-order valence-corrected chi connectivity index (χ1v) is 12.5. The summed E-state index contributed by atoms with van der Waals surface area (Å²) in [5.41, 5.74) is 1.62. The zero-order valence-corrected chi connectivity index (χ0v) is 22.2. The van der Waals surface area contributed by atoms with Gasteiger partial charge in [-0.15, -0.1) is 0 Å². The van der Waals surface area contributed by atoms with Crippen molar-refractivity contribution in [3.05, 3.63) is 50.8 Å². The molecule has 0 aliphatic carbocycles. The second-order valence-corrected chi connectivity index (χ2v) is 11.0. The minimum absolute atomic E-state index is 0.140. The molecular formula is C25H26Cl3N3O4. The number of fused-ring (bicyclic) bond motifs is 1. The lowest BCUT2D eigenvalue weighted by molar-refractivity contribution is 0.0193. The van der Waals surface area contributed by atoms with Crippen molar-refractivity contribution in [3.63, 3.8) is 0 Å². The number of halogens is 3. The van der Waals surface area contributed by atoms with Gasteiger partial charge in [0.1, 0.15) is 5.60 Å². The van der Waals surface area contributed by atoms with Crippen LogP contribution in [-0.2, 0) is 11.3 Å². The Kier molecular flexibility index (Phi) is 7.06. The van der Waals surface area contributed by atoms with Gasteiger partial charge in [0.25, 0.3) is 11.1 Å². The van der Waals surface area contributed by atoms with E-state index in [0.717, 1.165) is 12.8 Å². The van der Waals surface area contributed by atoms with E-state index in [9.17, 15) is 14.4 Å². The zero-order valence-electron chi connectivity index (χ0n) is 20.0. The van der Waals surface area contributed by atoms with E-state index < -0.39 is 10.8 Å². The van der Waals surface area contributed by atoms with Crippen molar-refractivity contribution < 1.29 is 19.1 Å². The molecule has 1 unspecified atom stereocenters. The number of ether oxygens (including phenoxy) is 1. The molecule has 10 heteroatoms. The van der Waals surface area contributed by atoms with Crippen molar-refractivity contribution in [1.29, 1.82) is 0 Å². The summed E-state index contributed by atoms with van der Waals surface area (Å²) in [6.45, 7) is 8.30. The van der Waals surface area contributed by atoms with Gasteiger partial charge in [-0.25, -0.2) is 4.79 Å². The number of rotatable bonds is 4. The van der Waals surface area contributed by atoms with E-state index in [4.69, 9.17) is 39.5 Å². The molecule has 2 aliphatic heterocycles. The predicted molar refractivity (Wildman–Crippen MR) is 135 cm³/mol. The lowest BCUT2D eigenvalue weighted by atomic mass is 9.93. The van der Waals surface area contributed by atoms with Crippen LogP contribution >= 0.6 is 34.8 Å². The molecule has 4 rings (SSSR count). The molecule has 2 amide bonds. The number of hydrogen-bond acceptors (Lipinski definition) is 5. The average Bonchev–Trinajstić information content (AvgIpc) is 3.31. The lowest BCUT2D eigenvalue weighted by Gasteiger charge is -2.30. The number of carbonyl (C=O) groups is 3. The highest BCUT2D eigenvalue weighted by Gasteiger charge is 2.39. The Hall–Kier alpha value is -2.35. The van der Waals surface area contributed by atoms with Crippen LogP contribution in [0.4, 0.5) is 4.79 Å². The average molecular weight is 539 g/mol. The highest BCUT2D eigenvalue weighted by atomic mass is 35.5. The number of hydrogen-bond donors (Lipinski definition) is 0. The van der Waals surface area contributed by atoms with Crippen LogP contribution in [0.25, 0.3) is 11.1 Å². The van der Waals surface area contributed by atoms with Crippen LogP contribution in [0.1, 0.15) is 65.7 Å². The van der Waals surface area contributed by atoms with Gasteiger partial charge >= 0.3 is 6.09 Å². The summed E-state index contributed by atoms with van der Waals surface area (Å²) in [5, 5.41) is -0.00378. The van der Waals surface area contributed by atoms with E-state index in [1.165, 1.54) is 0 Å². The van der Waals surface area contributed by atoms with E-state index in [0.29, 0.717) is 51.2 Å². The maximum absolute atomic E-state index is 13.7. The Bertz CT molecular complexity index is 1230. The number of benzene rings is 1. The SMILES string of the molecule is Cc1nc2c(c(-c3ccc(Cl)cc3Cl)c1C(=O)Cl)C(=O)N(CC1CCCN1C(=O)OC(C)(C)C)C2. The van der Waals surface area contributed by atoms with E-state index in [2.05, 4.69) is 4.98 Å². The van der Waals surface area contributed by atoms with Crippen LogP contribution in [0.2, 0.25) is 10.0 Å². The Labute approximate surface area is 219 Å². The summed E-state index contributed by atoms with van der Waals surface area (Å²) in [7, 11) is 0. The Morgan fingerprint density at radius 1 is 1.20 bits per heavy atom. The molecule has 0 N–H and O–H groups in total. The second kappa shape index (κ2) is 9.60. The number of pyridine rings is 1. The lowest BCUT2D eigenvalue weighted by Crippen LogP contribution is -2.45. The molecule has 1 saturated heterocycles. The fraction of sp³-hybridized carbons (Fsp3) is 0.440. The first kappa shape index (κ1) is 25.7. The molecule has 2 aliphatic rings. The summed E-state index contributed by atoms with van der Waals surface area (Å²) in [4.78, 5) is 46.7. The minimum Gasteiger partial charge on any atom is -0.444 e. The van der Waals surface area contributed by atoms with Crippen LogP contribution in [0.5, 0.6) is 0 Å². The number of aryl methyl sites for hydroxylation is 1. The number of likely N-dealkylation sites (tertiary alicyclic amines) is 1. The van der Waals surface area contributed by atoms with Gasteiger partial charge < -0.3 is 14.5 Å². The summed E-state index contributed by atoms with van der Waals surface area (Å²) in [5.74, 6) is -0.288. The molecule has 3 heterocycles. The maximum atomic E-state index is 13.7. The van der Waals surface area contributed by atoms with E-state index >= 15 is 0 Å². The van der Waals surface area contributed by atoms with Gasteiger partial charge in [-0.1, -0.05) is 29.3 Å². The largest absolute Gasteiger partial charge is 0.444 e. The Morgan fingerprint density at radius 2 is 1.91 bits per heavy atom. The maximum Gasteiger partial charge on any atom is 0.410 e. The summed E-state index contributed by atoms with van der Waals surface area (Å²) >= 11 is 18.5. The zero-order chi connectivity index (χ0) is 25.7. The van der Waals surface area contributed by atoms with Crippen LogP contribution in [0.3, 0.4) is 0 Å². The van der Waals surface area contributed by atoms with E-state index in [1.54, 1.807) is 34.9 Å².